The van der Waals surface area contributed by atoms with Crippen LogP contribution in [0.5, 0.6) is 0 Å². The molecule has 1 rings (SSSR count). The minimum atomic E-state index is -0.190. The Morgan fingerprint density at radius 1 is 1.62 bits per heavy atom. The molecule has 0 saturated heterocycles. The van der Waals surface area contributed by atoms with Crippen molar-refractivity contribution < 1.29 is 0 Å². The van der Waals surface area contributed by atoms with Gasteiger partial charge in [0.05, 0.1) is 12.5 Å². The van der Waals surface area contributed by atoms with Gasteiger partial charge in [-0.1, -0.05) is 36.9 Å². The van der Waals surface area contributed by atoms with E-state index in [1.54, 1.807) is 6.08 Å². The summed E-state index contributed by atoms with van der Waals surface area (Å²) in [7, 11) is 0. The maximum Gasteiger partial charge on any atom is 0.0641 e. The van der Waals surface area contributed by atoms with Crippen LogP contribution in [0.1, 0.15) is 23.6 Å². The molecule has 1 aromatic rings. The predicted molar refractivity (Wildman–Crippen MR) is 53.7 cm³/mol. The van der Waals surface area contributed by atoms with Crippen molar-refractivity contribution in [3.05, 3.63) is 42.0 Å². The second kappa shape index (κ2) is 4.44. The van der Waals surface area contributed by atoms with Crippen LogP contribution in [0.3, 0.4) is 0 Å². The third kappa shape index (κ3) is 2.43. The number of nitriles is 1. The van der Waals surface area contributed by atoms with Crippen LogP contribution in [0.25, 0.3) is 6.08 Å². The Morgan fingerprint density at radius 3 is 3.00 bits per heavy atom. The van der Waals surface area contributed by atoms with Crippen LogP contribution < -0.4 is 5.73 Å². The van der Waals surface area contributed by atoms with Crippen LogP contribution in [-0.4, -0.2) is 0 Å². The fourth-order valence-electron chi connectivity index (χ4n) is 1.13. The number of nitrogens with two attached hydrogens (primary N) is 1. The highest BCUT2D eigenvalue weighted by Crippen LogP contribution is 2.15. The van der Waals surface area contributed by atoms with Crippen molar-refractivity contribution in [2.24, 2.45) is 5.73 Å². The molecule has 2 heteroatoms. The van der Waals surface area contributed by atoms with Crippen LogP contribution in [0.2, 0.25) is 0 Å². The fourth-order valence-corrected chi connectivity index (χ4v) is 1.13. The van der Waals surface area contributed by atoms with E-state index >= 15 is 0 Å². The van der Waals surface area contributed by atoms with E-state index in [0.29, 0.717) is 6.42 Å². The van der Waals surface area contributed by atoms with Gasteiger partial charge in [-0.25, -0.2) is 0 Å². The molecule has 2 N–H and O–H groups in total. The molecule has 1 atom stereocenters. The van der Waals surface area contributed by atoms with Crippen molar-refractivity contribution in [3.63, 3.8) is 0 Å². The zero-order valence-corrected chi connectivity index (χ0v) is 7.40. The lowest BCUT2D eigenvalue weighted by atomic mass is 10.0. The number of rotatable bonds is 3. The first-order valence-corrected chi connectivity index (χ1v) is 4.13. The molecule has 0 aliphatic carbocycles. The van der Waals surface area contributed by atoms with E-state index in [0.717, 1.165) is 11.1 Å². The molecule has 2 nitrogen and oxygen atoms in total. The van der Waals surface area contributed by atoms with E-state index in [1.165, 1.54) is 0 Å². The van der Waals surface area contributed by atoms with Gasteiger partial charge >= 0.3 is 0 Å². The molecule has 1 aromatic carbocycles. The monoisotopic (exact) mass is 172 g/mol. The van der Waals surface area contributed by atoms with Crippen molar-refractivity contribution >= 4 is 6.08 Å². The van der Waals surface area contributed by atoms with Crippen LogP contribution in [0, 0.1) is 11.3 Å². The Kier molecular flexibility index (Phi) is 3.24. The van der Waals surface area contributed by atoms with Gasteiger partial charge in [-0.3, -0.25) is 0 Å². The Balaban J connectivity index is 2.89. The summed E-state index contributed by atoms with van der Waals surface area (Å²) in [6.45, 7) is 3.67. The van der Waals surface area contributed by atoms with Gasteiger partial charge in [-0.2, -0.15) is 5.26 Å². The van der Waals surface area contributed by atoms with Gasteiger partial charge in [0.25, 0.3) is 0 Å². The van der Waals surface area contributed by atoms with E-state index in [-0.39, 0.29) is 6.04 Å². The zero-order valence-electron chi connectivity index (χ0n) is 7.40. The van der Waals surface area contributed by atoms with Crippen molar-refractivity contribution in [2.45, 2.75) is 12.5 Å². The fraction of sp³-hybridized carbons (Fsp3) is 0.182. The van der Waals surface area contributed by atoms with Crippen LogP contribution in [0.15, 0.2) is 30.8 Å². The highest BCUT2D eigenvalue weighted by Gasteiger charge is 2.04. The second-order valence-electron chi connectivity index (χ2n) is 2.84. The van der Waals surface area contributed by atoms with Crippen LogP contribution in [0.4, 0.5) is 0 Å². The normalized spacial score (nSPS) is 11.7. The molecular formula is C11H12N2. The second-order valence-corrected chi connectivity index (χ2v) is 2.84. The van der Waals surface area contributed by atoms with E-state index in [4.69, 9.17) is 11.0 Å². The molecule has 0 heterocycles. The minimum Gasteiger partial charge on any atom is -0.323 e. The van der Waals surface area contributed by atoms with Gasteiger partial charge in [0, 0.05) is 6.04 Å². The van der Waals surface area contributed by atoms with Crippen molar-refractivity contribution in [3.8, 4) is 6.07 Å². The Morgan fingerprint density at radius 2 is 2.38 bits per heavy atom. The van der Waals surface area contributed by atoms with Crippen LogP contribution >= 0.6 is 0 Å². The molecule has 0 aromatic heterocycles. The van der Waals surface area contributed by atoms with Gasteiger partial charge in [0.1, 0.15) is 0 Å². The summed E-state index contributed by atoms with van der Waals surface area (Å²) in [6, 6.07) is 9.62. The van der Waals surface area contributed by atoms with Gasteiger partial charge in [0.2, 0.25) is 0 Å². The van der Waals surface area contributed by atoms with E-state index in [2.05, 4.69) is 12.6 Å². The molecule has 0 aliphatic rings. The van der Waals surface area contributed by atoms with E-state index < -0.39 is 0 Å². The smallest absolute Gasteiger partial charge is 0.0641 e. The quantitative estimate of drug-likeness (QED) is 0.760. The van der Waals surface area contributed by atoms with E-state index in [9.17, 15) is 0 Å². The minimum absolute atomic E-state index is 0.190. The van der Waals surface area contributed by atoms with Crippen LogP contribution in [-0.2, 0) is 0 Å². The lowest BCUT2D eigenvalue weighted by Crippen LogP contribution is -2.08. The van der Waals surface area contributed by atoms with Gasteiger partial charge in [0.15, 0.2) is 0 Å². The maximum atomic E-state index is 8.47. The summed E-state index contributed by atoms with van der Waals surface area (Å²) in [4.78, 5) is 0. The summed E-state index contributed by atoms with van der Waals surface area (Å²) in [5.41, 5.74) is 7.79. The molecule has 0 saturated carbocycles. The van der Waals surface area contributed by atoms with Gasteiger partial charge < -0.3 is 5.73 Å². The molecule has 0 radical (unpaired) electrons. The molecule has 0 bridgehead atoms. The number of benzene rings is 1. The third-order valence-electron chi connectivity index (χ3n) is 1.89. The first-order valence-electron chi connectivity index (χ1n) is 4.13. The summed E-state index contributed by atoms with van der Waals surface area (Å²) < 4.78 is 0. The van der Waals surface area contributed by atoms with Gasteiger partial charge in [-0.15, -0.1) is 0 Å². The Bertz CT molecular complexity index is 336. The molecule has 0 spiro atoms. The average molecular weight is 172 g/mol. The Labute approximate surface area is 78.3 Å². The first kappa shape index (κ1) is 9.50. The average Bonchev–Trinajstić information content (AvgIpc) is 2.18. The summed E-state index contributed by atoms with van der Waals surface area (Å²) in [5, 5.41) is 8.47. The highest BCUT2D eigenvalue weighted by atomic mass is 14.6. The molecule has 0 fully saturated rings. The zero-order chi connectivity index (χ0) is 9.68. The number of nitrogens with zero attached hydrogens (tertiary/aromatic N) is 1. The molecule has 0 aliphatic heterocycles. The topological polar surface area (TPSA) is 49.8 Å². The standard InChI is InChI=1S/C11H12N2/c1-2-9-4-3-5-10(8-9)11(13)6-7-12/h2-5,8,11H,1,6,13H2. The largest absolute Gasteiger partial charge is 0.323 e. The highest BCUT2D eigenvalue weighted by molar-refractivity contribution is 5.48. The van der Waals surface area contributed by atoms with E-state index in [1.807, 2.05) is 24.3 Å². The lowest BCUT2D eigenvalue weighted by Gasteiger charge is -2.07. The summed E-state index contributed by atoms with van der Waals surface area (Å²) >= 11 is 0. The van der Waals surface area contributed by atoms with Crippen molar-refractivity contribution in [1.82, 2.24) is 0 Å². The molecular weight excluding hydrogens is 160 g/mol. The number of hydrogen-bond acceptors (Lipinski definition) is 2. The molecule has 0 amide bonds. The van der Waals surface area contributed by atoms with Crippen molar-refractivity contribution in [1.29, 1.82) is 5.26 Å². The lowest BCUT2D eigenvalue weighted by molar-refractivity contribution is 0.748. The maximum absolute atomic E-state index is 8.47. The SMILES string of the molecule is C=Cc1cccc(C(N)CC#N)c1. The molecule has 1 unspecified atom stereocenters. The number of hydrogen-bond donors (Lipinski definition) is 1. The third-order valence-corrected chi connectivity index (χ3v) is 1.89. The summed E-state index contributed by atoms with van der Waals surface area (Å²) in [6.07, 6.45) is 2.11. The molecule has 66 valence electrons. The summed E-state index contributed by atoms with van der Waals surface area (Å²) in [5.74, 6) is 0. The molecule has 13 heavy (non-hydrogen) atoms. The first-order chi connectivity index (χ1) is 6.27. The van der Waals surface area contributed by atoms with Gasteiger partial charge in [-0.05, 0) is 11.1 Å². The van der Waals surface area contributed by atoms with Crippen molar-refractivity contribution in [2.75, 3.05) is 0 Å². The predicted octanol–water partition coefficient (Wildman–Crippen LogP) is 2.24. The Hall–Kier alpha value is -1.59.